The van der Waals surface area contributed by atoms with Crippen LogP contribution in [0.3, 0.4) is 0 Å². The summed E-state index contributed by atoms with van der Waals surface area (Å²) >= 11 is 5.47. The second-order valence-corrected chi connectivity index (χ2v) is 6.74. The third kappa shape index (κ3) is 4.89. The van der Waals surface area contributed by atoms with Gasteiger partial charge in [0.2, 0.25) is 0 Å². The van der Waals surface area contributed by atoms with Crippen molar-refractivity contribution < 1.29 is 0 Å². The van der Waals surface area contributed by atoms with Crippen molar-refractivity contribution in [1.82, 2.24) is 0 Å². The van der Waals surface area contributed by atoms with E-state index in [0.717, 1.165) is 12.3 Å². The summed E-state index contributed by atoms with van der Waals surface area (Å²) in [5.74, 6) is 1.16. The number of hydrogen-bond donors (Lipinski definition) is 1. The van der Waals surface area contributed by atoms with Crippen LogP contribution in [0.15, 0.2) is 33.6 Å². The molecule has 0 saturated carbocycles. The van der Waals surface area contributed by atoms with Crippen LogP contribution in [-0.4, -0.2) is 12.3 Å². The summed E-state index contributed by atoms with van der Waals surface area (Å²) in [5.41, 5.74) is 6.00. The molecule has 0 heterocycles. The summed E-state index contributed by atoms with van der Waals surface area (Å²) in [4.78, 5) is 1.33. The Morgan fingerprint density at radius 1 is 1.31 bits per heavy atom. The zero-order valence-electron chi connectivity index (χ0n) is 10.0. The molecule has 90 valence electrons. The van der Waals surface area contributed by atoms with Crippen LogP contribution >= 0.6 is 27.7 Å². The van der Waals surface area contributed by atoms with Gasteiger partial charge in [-0.1, -0.05) is 26.0 Å². The number of thioether (sulfide) groups is 1. The second-order valence-electron chi connectivity index (χ2n) is 4.75. The summed E-state index contributed by atoms with van der Waals surface area (Å²) in [6.07, 6.45) is 2.41. The predicted octanol–water partition coefficient (Wildman–Crippen LogP) is 4.31. The zero-order valence-corrected chi connectivity index (χ0v) is 12.4. The van der Waals surface area contributed by atoms with Crippen LogP contribution in [0.2, 0.25) is 0 Å². The molecule has 0 aromatic heterocycles. The number of benzene rings is 1. The van der Waals surface area contributed by atoms with E-state index in [1.165, 1.54) is 22.2 Å². The lowest BCUT2D eigenvalue weighted by Gasteiger charge is -2.21. The molecular formula is C13H20BrNS. The number of nitrogens with two attached hydrogens (primary N) is 1. The summed E-state index contributed by atoms with van der Waals surface area (Å²) in [5, 5.41) is 0. The van der Waals surface area contributed by atoms with Crippen LogP contribution in [0.5, 0.6) is 0 Å². The van der Waals surface area contributed by atoms with Crippen molar-refractivity contribution in [2.45, 2.75) is 31.6 Å². The van der Waals surface area contributed by atoms with Crippen molar-refractivity contribution in [3.63, 3.8) is 0 Å². The minimum absolute atomic E-state index is 0.286. The van der Waals surface area contributed by atoms with Gasteiger partial charge in [-0.2, -0.15) is 0 Å². The van der Waals surface area contributed by atoms with E-state index >= 15 is 0 Å². The fourth-order valence-corrected chi connectivity index (χ4v) is 2.91. The van der Waals surface area contributed by atoms with Gasteiger partial charge in [-0.3, -0.25) is 0 Å². The van der Waals surface area contributed by atoms with Gasteiger partial charge in [0, 0.05) is 9.37 Å². The van der Waals surface area contributed by atoms with E-state index in [2.05, 4.69) is 48.0 Å². The van der Waals surface area contributed by atoms with Crippen molar-refractivity contribution in [3.05, 3.63) is 28.7 Å². The maximum atomic E-state index is 5.71. The van der Waals surface area contributed by atoms with Crippen LogP contribution in [-0.2, 0) is 0 Å². The fraction of sp³-hybridized carbons (Fsp3) is 0.538. The lowest BCUT2D eigenvalue weighted by Crippen LogP contribution is -2.23. The summed E-state index contributed by atoms with van der Waals surface area (Å²) in [7, 11) is 0. The highest BCUT2D eigenvalue weighted by Gasteiger charge is 2.14. The highest BCUT2D eigenvalue weighted by molar-refractivity contribution is 9.10. The minimum Gasteiger partial charge on any atom is -0.330 e. The van der Waals surface area contributed by atoms with E-state index in [-0.39, 0.29) is 5.41 Å². The summed E-state index contributed by atoms with van der Waals surface area (Å²) < 4.78 is 1.19. The average Bonchev–Trinajstić information content (AvgIpc) is 2.27. The number of halogens is 1. The Kier molecular flexibility index (Phi) is 5.87. The van der Waals surface area contributed by atoms with Crippen LogP contribution in [0, 0.1) is 5.41 Å². The molecule has 1 aromatic rings. The molecule has 2 N–H and O–H groups in total. The molecule has 16 heavy (non-hydrogen) atoms. The molecule has 0 aliphatic rings. The minimum atomic E-state index is 0.286. The van der Waals surface area contributed by atoms with Gasteiger partial charge in [-0.15, -0.1) is 11.8 Å². The molecular weight excluding hydrogens is 282 g/mol. The van der Waals surface area contributed by atoms with E-state index in [4.69, 9.17) is 5.73 Å². The molecule has 0 saturated heterocycles. The van der Waals surface area contributed by atoms with Gasteiger partial charge in [0.05, 0.1) is 0 Å². The first-order valence-electron chi connectivity index (χ1n) is 5.62. The van der Waals surface area contributed by atoms with Crippen molar-refractivity contribution in [2.24, 2.45) is 11.1 Å². The van der Waals surface area contributed by atoms with Gasteiger partial charge < -0.3 is 5.73 Å². The van der Waals surface area contributed by atoms with Gasteiger partial charge in [0.1, 0.15) is 0 Å². The number of rotatable bonds is 6. The summed E-state index contributed by atoms with van der Waals surface area (Å²) in [6, 6.07) is 8.37. The molecule has 1 rings (SSSR count). The first kappa shape index (κ1) is 14.1. The molecule has 0 unspecified atom stereocenters. The van der Waals surface area contributed by atoms with Gasteiger partial charge in [-0.25, -0.2) is 0 Å². The van der Waals surface area contributed by atoms with E-state index in [0.29, 0.717) is 0 Å². The molecule has 0 spiro atoms. The monoisotopic (exact) mass is 301 g/mol. The van der Waals surface area contributed by atoms with Gasteiger partial charge >= 0.3 is 0 Å². The third-order valence-electron chi connectivity index (χ3n) is 2.64. The Bertz CT molecular complexity index is 325. The van der Waals surface area contributed by atoms with Crippen LogP contribution in [0.25, 0.3) is 0 Å². The topological polar surface area (TPSA) is 26.0 Å². The fourth-order valence-electron chi connectivity index (χ4n) is 1.40. The lowest BCUT2D eigenvalue weighted by molar-refractivity contribution is 0.345. The van der Waals surface area contributed by atoms with Crippen LogP contribution < -0.4 is 5.73 Å². The molecule has 0 radical (unpaired) electrons. The molecule has 0 aliphatic heterocycles. The van der Waals surface area contributed by atoms with Crippen molar-refractivity contribution in [2.75, 3.05) is 12.3 Å². The Hall–Kier alpha value is 0.01000. The molecule has 3 heteroatoms. The molecule has 0 amide bonds. The third-order valence-corrected chi connectivity index (χ3v) is 4.76. The standard InChI is InChI=1S/C13H20BrNS/c1-13(2,10-15)8-5-9-16-12-7-4-3-6-11(12)14/h3-4,6-7H,5,8-10,15H2,1-2H3. The number of hydrogen-bond acceptors (Lipinski definition) is 2. The Balaban J connectivity index is 2.29. The van der Waals surface area contributed by atoms with Crippen LogP contribution in [0.4, 0.5) is 0 Å². The molecule has 0 bridgehead atoms. The van der Waals surface area contributed by atoms with Crippen LogP contribution in [0.1, 0.15) is 26.7 Å². The molecule has 1 aromatic carbocycles. The van der Waals surface area contributed by atoms with E-state index in [1.54, 1.807) is 0 Å². The second kappa shape index (κ2) is 6.67. The highest BCUT2D eigenvalue weighted by atomic mass is 79.9. The quantitative estimate of drug-likeness (QED) is 0.626. The van der Waals surface area contributed by atoms with E-state index < -0.39 is 0 Å². The maximum absolute atomic E-state index is 5.71. The zero-order chi connectivity index (χ0) is 12.0. The SMILES string of the molecule is CC(C)(CN)CCCSc1ccccc1Br. The predicted molar refractivity (Wildman–Crippen MR) is 76.9 cm³/mol. The lowest BCUT2D eigenvalue weighted by atomic mass is 9.88. The highest BCUT2D eigenvalue weighted by Crippen LogP contribution is 2.29. The maximum Gasteiger partial charge on any atom is 0.0311 e. The Labute approximate surface area is 111 Å². The van der Waals surface area contributed by atoms with Gasteiger partial charge in [0.15, 0.2) is 0 Å². The van der Waals surface area contributed by atoms with Crippen molar-refractivity contribution >= 4 is 27.7 Å². The van der Waals surface area contributed by atoms with E-state index in [9.17, 15) is 0 Å². The Morgan fingerprint density at radius 3 is 2.62 bits per heavy atom. The van der Waals surface area contributed by atoms with E-state index in [1.807, 2.05) is 17.8 Å². The molecule has 0 atom stereocenters. The van der Waals surface area contributed by atoms with Crippen molar-refractivity contribution in [1.29, 1.82) is 0 Å². The van der Waals surface area contributed by atoms with Gasteiger partial charge in [-0.05, 0) is 58.6 Å². The summed E-state index contributed by atoms with van der Waals surface area (Å²) in [6.45, 7) is 5.24. The van der Waals surface area contributed by atoms with Gasteiger partial charge in [0.25, 0.3) is 0 Å². The molecule has 1 nitrogen and oxygen atoms in total. The largest absolute Gasteiger partial charge is 0.330 e. The smallest absolute Gasteiger partial charge is 0.0311 e. The Morgan fingerprint density at radius 2 is 2.00 bits per heavy atom. The first-order valence-corrected chi connectivity index (χ1v) is 7.40. The molecule has 0 aliphatic carbocycles. The average molecular weight is 302 g/mol. The van der Waals surface area contributed by atoms with Crippen molar-refractivity contribution in [3.8, 4) is 0 Å². The molecule has 0 fully saturated rings. The normalized spacial score (nSPS) is 11.8. The first-order chi connectivity index (χ1) is 7.55.